The van der Waals surface area contributed by atoms with Gasteiger partial charge in [0.2, 0.25) is 35.4 Å². The van der Waals surface area contributed by atoms with Crippen LogP contribution in [0.5, 0.6) is 5.75 Å². The molecule has 2 aliphatic heterocycles. The molecule has 0 spiro atoms. The highest BCUT2D eigenvalue weighted by molar-refractivity contribution is 6.00. The first-order chi connectivity index (χ1) is 29.2. The quantitative estimate of drug-likeness (QED) is 0.293. The van der Waals surface area contributed by atoms with Gasteiger partial charge in [-0.3, -0.25) is 33.6 Å². The molecule has 2 fully saturated rings. The van der Waals surface area contributed by atoms with E-state index in [-0.39, 0.29) is 24.8 Å². The van der Waals surface area contributed by atoms with Crippen molar-refractivity contribution in [2.45, 2.75) is 110 Å². The molecule has 2 aliphatic rings. The van der Waals surface area contributed by atoms with Crippen molar-refractivity contribution in [2.75, 3.05) is 34.2 Å². The number of hydrogen-bond acceptors (Lipinski definition) is 11. The third kappa shape index (κ3) is 11.4. The average Bonchev–Trinajstić information content (AvgIpc) is 3.71. The number of carbonyl (C=O) groups is 8. The molecule has 1 unspecified atom stereocenters. The molecule has 2 aromatic rings. The molecule has 1 aromatic heterocycles. The number of cyclic esters (lactones) is 1. The zero-order valence-corrected chi connectivity index (χ0v) is 37.3. The van der Waals surface area contributed by atoms with Gasteiger partial charge in [0.05, 0.1) is 6.54 Å². The van der Waals surface area contributed by atoms with E-state index in [1.165, 1.54) is 68.0 Å². The topological polar surface area (TPSA) is 228 Å². The second kappa shape index (κ2) is 21.1. The van der Waals surface area contributed by atoms with Gasteiger partial charge in [-0.1, -0.05) is 65.0 Å². The molecule has 0 saturated carbocycles. The Bertz CT molecular complexity index is 1980. The lowest BCUT2D eigenvalue weighted by Gasteiger charge is -2.37. The van der Waals surface area contributed by atoms with Crippen molar-refractivity contribution in [3.63, 3.8) is 0 Å². The van der Waals surface area contributed by atoms with E-state index < -0.39 is 114 Å². The number of nitrogens with one attached hydrogen (secondary N) is 3. The largest absolute Gasteiger partial charge is 0.505 e. The summed E-state index contributed by atoms with van der Waals surface area (Å²) in [5.41, 5.74) is -0.0948. The van der Waals surface area contributed by atoms with Crippen molar-refractivity contribution in [3.8, 4) is 5.75 Å². The predicted octanol–water partition coefficient (Wildman–Crippen LogP) is 1.63. The summed E-state index contributed by atoms with van der Waals surface area (Å²) in [6.45, 7) is 11.8. The van der Waals surface area contributed by atoms with Crippen LogP contribution >= 0.6 is 0 Å². The Morgan fingerprint density at radius 2 is 1.53 bits per heavy atom. The number of pyridine rings is 1. The molecule has 4 rings (SSSR count). The number of benzene rings is 1. The Balaban J connectivity index is 1.84. The Morgan fingerprint density at radius 3 is 2.15 bits per heavy atom. The molecule has 0 bridgehead atoms. The standard InChI is InChI=1S/C44H62N8O10/c1-24(2)22-30-42(59)52-21-15-18-31(52)43(60)49(8)23-33(54)50(9)36(26(5)25(3)4)40(57)46-27(6)41(58)51(10)37(29-16-12-11-13-17-29)44(61)62-28(7)34(38(55)47-30)48-39(56)35-32(53)19-14-20-45-35/h11-14,16-17,19-20,24-28,30-31,34,36-37,53H,15,18,21-23H2,1-10H3,(H,46,57)(H,47,55)(H,48,56)/t26-,27+,28+,30-,31+,34-,36?,37+/m1/s1. The minimum atomic E-state index is -1.69. The fraction of sp³-hybridized carbons (Fsp3) is 0.568. The number of esters is 1. The van der Waals surface area contributed by atoms with Crippen LogP contribution in [0, 0.1) is 17.8 Å². The molecule has 2 saturated heterocycles. The fourth-order valence-electron chi connectivity index (χ4n) is 7.82. The lowest BCUT2D eigenvalue weighted by Crippen LogP contribution is -2.60. The summed E-state index contributed by atoms with van der Waals surface area (Å²) in [6, 6.07) is 3.27. The van der Waals surface area contributed by atoms with Crippen LogP contribution in [0.2, 0.25) is 0 Å². The number of amides is 7. The Labute approximate surface area is 363 Å². The third-order valence-corrected chi connectivity index (χ3v) is 11.7. The van der Waals surface area contributed by atoms with E-state index in [2.05, 4.69) is 20.9 Å². The van der Waals surface area contributed by atoms with Crippen LogP contribution in [-0.4, -0.2) is 148 Å². The van der Waals surface area contributed by atoms with Crippen LogP contribution in [-0.2, 0) is 38.3 Å². The van der Waals surface area contributed by atoms with Crippen molar-refractivity contribution >= 4 is 47.3 Å². The van der Waals surface area contributed by atoms with Crippen LogP contribution < -0.4 is 16.0 Å². The normalized spacial score (nSPS) is 26.1. The van der Waals surface area contributed by atoms with Gasteiger partial charge in [0.1, 0.15) is 42.1 Å². The lowest BCUT2D eigenvalue weighted by atomic mass is 9.88. The molecule has 62 heavy (non-hydrogen) atoms. The first kappa shape index (κ1) is 48.6. The van der Waals surface area contributed by atoms with Crippen molar-refractivity contribution in [2.24, 2.45) is 17.8 Å². The van der Waals surface area contributed by atoms with Crippen LogP contribution in [0.15, 0.2) is 48.7 Å². The summed E-state index contributed by atoms with van der Waals surface area (Å²) < 4.78 is 5.93. The summed E-state index contributed by atoms with van der Waals surface area (Å²) in [5.74, 6) is -7.01. The number of hydrogen-bond donors (Lipinski definition) is 4. The van der Waals surface area contributed by atoms with Gasteiger partial charge in [-0.25, -0.2) is 9.78 Å². The number of ether oxygens (including phenoxy) is 1. The number of carbonyl (C=O) groups excluding carboxylic acids is 8. The summed E-state index contributed by atoms with van der Waals surface area (Å²) >= 11 is 0. The third-order valence-electron chi connectivity index (χ3n) is 11.7. The highest BCUT2D eigenvalue weighted by atomic mass is 16.5. The zero-order valence-electron chi connectivity index (χ0n) is 37.3. The number of aromatic hydroxyl groups is 1. The number of fused-ring (bicyclic) bond motifs is 1. The number of nitrogens with zero attached hydrogens (tertiary/aromatic N) is 5. The van der Waals surface area contributed by atoms with Crippen LogP contribution in [0.3, 0.4) is 0 Å². The van der Waals surface area contributed by atoms with Gasteiger partial charge in [0, 0.05) is 33.9 Å². The molecule has 3 heterocycles. The average molecular weight is 863 g/mol. The number of likely N-dealkylation sites (N-methyl/N-ethyl adjacent to an activating group) is 3. The van der Waals surface area contributed by atoms with Gasteiger partial charge in [-0.15, -0.1) is 0 Å². The summed E-state index contributed by atoms with van der Waals surface area (Å²) in [7, 11) is 4.26. The van der Waals surface area contributed by atoms with Crippen molar-refractivity contribution in [3.05, 3.63) is 59.9 Å². The van der Waals surface area contributed by atoms with Crippen molar-refractivity contribution < 1.29 is 48.2 Å². The van der Waals surface area contributed by atoms with Gasteiger partial charge in [-0.05, 0) is 68.6 Å². The maximum absolute atomic E-state index is 14.4. The first-order valence-corrected chi connectivity index (χ1v) is 21.0. The van der Waals surface area contributed by atoms with Gasteiger partial charge < -0.3 is 45.4 Å². The van der Waals surface area contributed by atoms with E-state index in [1.807, 2.05) is 34.6 Å². The molecule has 18 nitrogen and oxygen atoms in total. The maximum atomic E-state index is 14.4. The van der Waals surface area contributed by atoms with E-state index in [9.17, 15) is 43.5 Å². The smallest absolute Gasteiger partial charge is 0.333 e. The Morgan fingerprint density at radius 1 is 0.871 bits per heavy atom. The highest BCUT2D eigenvalue weighted by Crippen LogP contribution is 2.26. The van der Waals surface area contributed by atoms with E-state index in [0.717, 1.165) is 4.90 Å². The van der Waals surface area contributed by atoms with Crippen LogP contribution in [0.4, 0.5) is 0 Å². The van der Waals surface area contributed by atoms with Gasteiger partial charge in [-0.2, -0.15) is 0 Å². The van der Waals surface area contributed by atoms with Crippen LogP contribution in [0.1, 0.15) is 89.8 Å². The summed E-state index contributed by atoms with van der Waals surface area (Å²) in [6.07, 6.45) is 0.679. The van der Waals surface area contributed by atoms with E-state index in [4.69, 9.17) is 4.74 Å². The summed E-state index contributed by atoms with van der Waals surface area (Å²) in [5, 5.41) is 18.4. The molecule has 7 amide bonds. The van der Waals surface area contributed by atoms with Crippen LogP contribution in [0.25, 0.3) is 0 Å². The van der Waals surface area contributed by atoms with Gasteiger partial charge >= 0.3 is 5.97 Å². The summed E-state index contributed by atoms with van der Waals surface area (Å²) in [4.78, 5) is 122. The predicted molar refractivity (Wildman–Crippen MR) is 227 cm³/mol. The maximum Gasteiger partial charge on any atom is 0.333 e. The molecule has 4 N–H and O–H groups in total. The first-order valence-electron chi connectivity index (χ1n) is 21.0. The zero-order chi connectivity index (χ0) is 46.2. The van der Waals surface area contributed by atoms with Crippen molar-refractivity contribution in [1.82, 2.24) is 40.5 Å². The minimum Gasteiger partial charge on any atom is -0.505 e. The fourth-order valence-corrected chi connectivity index (χ4v) is 7.82. The SMILES string of the molecule is CC(C)C[C@H]1NC(=O)[C@H](NC(=O)c2ncccc2O)[C@H](C)OC(=O)[C@H](c2ccccc2)N(C)C(=O)[C@H](C)NC(=O)C([C@H](C)C(C)C)N(C)C(=O)CN(C)C(=O)[C@@H]2CCCN2C1=O. The Hall–Kier alpha value is -6.07. The second-order valence-corrected chi connectivity index (χ2v) is 17.1. The molecular weight excluding hydrogens is 801 g/mol. The minimum absolute atomic E-state index is 0.0904. The van der Waals surface area contributed by atoms with E-state index in [0.29, 0.717) is 18.4 Å². The molecule has 1 aromatic carbocycles. The van der Waals surface area contributed by atoms with Gasteiger partial charge in [0.25, 0.3) is 5.91 Å². The van der Waals surface area contributed by atoms with Gasteiger partial charge in [0.15, 0.2) is 11.7 Å². The molecule has 18 heteroatoms. The monoisotopic (exact) mass is 862 g/mol. The molecule has 0 radical (unpaired) electrons. The molecule has 338 valence electrons. The van der Waals surface area contributed by atoms with E-state index in [1.54, 1.807) is 30.3 Å². The Kier molecular flexibility index (Phi) is 16.6. The number of rotatable bonds is 7. The lowest BCUT2D eigenvalue weighted by molar-refractivity contribution is -0.161. The molecule has 0 aliphatic carbocycles. The second-order valence-electron chi connectivity index (χ2n) is 17.1. The number of aromatic nitrogens is 1. The van der Waals surface area contributed by atoms with E-state index >= 15 is 0 Å². The molecular formula is C44H62N8O10. The molecule has 8 atom stereocenters. The highest BCUT2D eigenvalue weighted by Gasteiger charge is 2.43. The van der Waals surface area contributed by atoms with Crippen molar-refractivity contribution in [1.29, 1.82) is 0 Å².